The summed E-state index contributed by atoms with van der Waals surface area (Å²) >= 11 is 0. The van der Waals surface area contributed by atoms with E-state index in [1.54, 1.807) is 7.11 Å². The molecule has 2 N–H and O–H groups in total. The van der Waals surface area contributed by atoms with Gasteiger partial charge < -0.3 is 67.5 Å². The topological polar surface area (TPSA) is 186 Å². The minimum absolute atomic E-state index is 0.00916. The van der Waals surface area contributed by atoms with Gasteiger partial charge in [0.1, 0.15) is 42.2 Å². The van der Waals surface area contributed by atoms with Crippen molar-refractivity contribution in [3.8, 4) is 0 Å². The number of amides is 2. The van der Waals surface area contributed by atoms with Crippen LogP contribution < -0.4 is 10.6 Å². The SMILES string of the molecule is CCOC1C(OC)[C@H](OC2C(C)C(NC(=O)CCCCCNC(=O)OC(C)(C)C)[C@H](COCc3ccccc3)O[C@H]2OC(=O)C23CCC(C)(C)CC2C2=CCC4C5(C)CC[C@H](C)C(C)(C)[C@@H]5CC[C@]4(C)[C@]2(C)CC3)O[C@H](C)C1O[C@@H]1OCC(OCc2ccccc2)C(OCc2ccccc2)C1C. The molecule has 0 aromatic heterocycles. The van der Waals surface area contributed by atoms with Crippen molar-refractivity contribution in [3.63, 3.8) is 0 Å². The van der Waals surface area contributed by atoms with Crippen molar-refractivity contribution in [3.05, 3.63) is 119 Å². The monoisotopic (exact) mass is 1410 g/mol. The van der Waals surface area contributed by atoms with Gasteiger partial charge in [-0.25, -0.2) is 4.79 Å². The van der Waals surface area contributed by atoms with Crippen LogP contribution in [0.4, 0.5) is 4.79 Å². The number of rotatable bonds is 26. The first-order valence-electron chi connectivity index (χ1n) is 39.0. The molecular formula is C85H126N2O15. The number of benzene rings is 3. The molecule has 4 saturated carbocycles. The molecule has 5 aliphatic carbocycles. The van der Waals surface area contributed by atoms with Crippen molar-refractivity contribution in [2.45, 2.75) is 293 Å². The van der Waals surface area contributed by atoms with Crippen molar-refractivity contribution in [1.29, 1.82) is 0 Å². The van der Waals surface area contributed by atoms with E-state index in [1.165, 1.54) is 31.3 Å². The van der Waals surface area contributed by atoms with Crippen LogP contribution in [0, 0.1) is 68.0 Å². The van der Waals surface area contributed by atoms with Gasteiger partial charge in [-0.05, 0) is 179 Å². The maximum Gasteiger partial charge on any atom is 0.407 e. The molecule has 11 rings (SSSR count). The number of allylic oxidation sites excluding steroid dienone is 2. The molecule has 3 heterocycles. The number of carbonyl (C=O) groups is 3. The number of methoxy groups -OCH3 is 1. The molecule has 566 valence electrons. The van der Waals surface area contributed by atoms with E-state index in [2.05, 4.69) is 91.2 Å². The number of hydrogen-bond donors (Lipinski definition) is 2. The third-order valence-electron chi connectivity index (χ3n) is 26.6. The van der Waals surface area contributed by atoms with E-state index in [0.29, 0.717) is 82.8 Å². The van der Waals surface area contributed by atoms with Crippen LogP contribution in [-0.4, -0.2) is 131 Å². The number of esters is 1. The molecule has 3 aromatic rings. The maximum absolute atomic E-state index is 16.5. The van der Waals surface area contributed by atoms with E-state index >= 15 is 4.79 Å². The van der Waals surface area contributed by atoms with Crippen molar-refractivity contribution in [2.24, 2.45) is 68.0 Å². The number of carbonyl (C=O) groups excluding carboxylic acids is 3. The van der Waals surface area contributed by atoms with E-state index in [0.717, 1.165) is 42.4 Å². The molecule has 7 fully saturated rings. The molecule has 102 heavy (non-hydrogen) atoms. The Labute approximate surface area is 610 Å². The van der Waals surface area contributed by atoms with Gasteiger partial charge in [-0.15, -0.1) is 0 Å². The third-order valence-corrected chi connectivity index (χ3v) is 26.6. The fourth-order valence-electron chi connectivity index (χ4n) is 20.3. The smallest absolute Gasteiger partial charge is 0.407 e. The van der Waals surface area contributed by atoms with Crippen LogP contribution in [0.15, 0.2) is 103 Å². The number of fused-ring (bicyclic) bond motifs is 7. The molecule has 13 unspecified atom stereocenters. The highest BCUT2D eigenvalue weighted by Crippen LogP contribution is 2.76. The molecule has 0 spiro atoms. The van der Waals surface area contributed by atoms with Gasteiger partial charge in [0.15, 0.2) is 12.6 Å². The minimum Gasteiger partial charge on any atom is -0.444 e. The largest absolute Gasteiger partial charge is 0.444 e. The normalized spacial score (nSPS) is 37.8. The molecular weight excluding hydrogens is 1290 g/mol. The fourth-order valence-corrected chi connectivity index (χ4v) is 20.3. The average Bonchev–Trinajstić information content (AvgIpc) is 0.676. The lowest BCUT2D eigenvalue weighted by Crippen LogP contribution is -2.66. The van der Waals surface area contributed by atoms with Gasteiger partial charge in [0.25, 0.3) is 0 Å². The summed E-state index contributed by atoms with van der Waals surface area (Å²) in [6.45, 7) is 35.8. The fraction of sp³-hybridized carbons (Fsp3) is 0.729. The Morgan fingerprint density at radius 3 is 1.94 bits per heavy atom. The lowest BCUT2D eigenvalue weighted by atomic mass is 9.33. The third kappa shape index (κ3) is 16.8. The zero-order chi connectivity index (χ0) is 73.0. The van der Waals surface area contributed by atoms with Crippen LogP contribution in [0.1, 0.15) is 210 Å². The van der Waals surface area contributed by atoms with Crippen LogP contribution >= 0.6 is 0 Å². The van der Waals surface area contributed by atoms with Crippen LogP contribution in [0.5, 0.6) is 0 Å². The average molecular weight is 1420 g/mol. The molecule has 17 heteroatoms. The van der Waals surface area contributed by atoms with Crippen molar-refractivity contribution in [1.82, 2.24) is 10.6 Å². The highest BCUT2D eigenvalue weighted by molar-refractivity contribution is 5.79. The van der Waals surface area contributed by atoms with Gasteiger partial charge >= 0.3 is 12.1 Å². The lowest BCUT2D eigenvalue weighted by Gasteiger charge is -2.71. The van der Waals surface area contributed by atoms with Crippen molar-refractivity contribution < 1.29 is 71.2 Å². The Morgan fingerprint density at radius 1 is 0.637 bits per heavy atom. The number of nitrogens with one attached hydrogen (secondary N) is 2. The molecule has 17 nitrogen and oxygen atoms in total. The molecule has 3 aliphatic heterocycles. The highest BCUT2D eigenvalue weighted by Gasteiger charge is 2.70. The lowest BCUT2D eigenvalue weighted by molar-refractivity contribution is -0.370. The Kier molecular flexibility index (Phi) is 25.1. The molecule has 22 atom stereocenters. The van der Waals surface area contributed by atoms with Crippen LogP contribution in [0.25, 0.3) is 0 Å². The van der Waals surface area contributed by atoms with Crippen molar-refractivity contribution >= 4 is 18.0 Å². The summed E-state index contributed by atoms with van der Waals surface area (Å²) < 4.78 is 81.5. The summed E-state index contributed by atoms with van der Waals surface area (Å²) in [5.41, 5.74) is 3.54. The summed E-state index contributed by atoms with van der Waals surface area (Å²) in [7, 11) is 1.62. The molecule has 8 aliphatic rings. The first-order valence-corrected chi connectivity index (χ1v) is 39.0. The summed E-state index contributed by atoms with van der Waals surface area (Å²) in [6, 6.07) is 29.5. The van der Waals surface area contributed by atoms with E-state index in [-0.39, 0.29) is 70.4 Å². The van der Waals surface area contributed by atoms with E-state index in [1.807, 2.05) is 120 Å². The zero-order valence-corrected chi connectivity index (χ0v) is 64.6. The van der Waals surface area contributed by atoms with Gasteiger partial charge in [-0.2, -0.15) is 0 Å². The van der Waals surface area contributed by atoms with E-state index in [9.17, 15) is 9.59 Å². The Bertz CT molecular complexity index is 3250. The molecule has 3 saturated heterocycles. The Balaban J connectivity index is 0.884. The molecule has 3 aromatic carbocycles. The zero-order valence-electron chi connectivity index (χ0n) is 64.6. The minimum atomic E-state index is -1.27. The Hall–Kier alpha value is -4.79. The highest BCUT2D eigenvalue weighted by atomic mass is 16.8. The number of ether oxygens (including phenoxy) is 12. The van der Waals surface area contributed by atoms with E-state index in [4.69, 9.17) is 56.8 Å². The molecule has 2 amide bonds. The Morgan fingerprint density at radius 2 is 1.28 bits per heavy atom. The first-order chi connectivity index (χ1) is 48.5. The predicted molar refractivity (Wildman–Crippen MR) is 392 cm³/mol. The second-order valence-corrected chi connectivity index (χ2v) is 35.0. The second-order valence-electron chi connectivity index (χ2n) is 35.0. The molecule has 0 radical (unpaired) electrons. The van der Waals surface area contributed by atoms with Crippen molar-refractivity contribution in [2.75, 3.05) is 33.5 Å². The summed E-state index contributed by atoms with van der Waals surface area (Å²) in [5.74, 6) is 0.551. The summed E-state index contributed by atoms with van der Waals surface area (Å²) in [5, 5.41) is 6.24. The second kappa shape index (κ2) is 32.7. The van der Waals surface area contributed by atoms with Crippen LogP contribution in [-0.2, 0) is 86.3 Å². The van der Waals surface area contributed by atoms with Gasteiger partial charge in [-0.3, -0.25) is 9.59 Å². The standard InChI is InChI=1S/C85H126N2O15/c1-17-93-72-71(100-74-56(4)69(95-51-60-34-26-20-27-35-60)64(53-96-74)94-50-59-32-24-19-25-33-59)57(5)97-76(73(72)91-16)99-70-55(3)68(87-67(88)36-28-21-29-47-86-78(90)102-79(6,7)8)63(52-92-49-58-30-22-18-23-31-58)98-75(70)101-77(89)85-45-43-80(9,10)48-62(85)61-37-38-66-82(13)41-39-54(2)81(11,12)65(82)40-42-84(66,15)83(61,14)44-46-85/h18-20,22-27,30-35,37,54-57,62-66,68-76H,17,21,28-29,36,38-53H2,1-16H3,(H,86,90)(H,87,88)/t54-,55?,56?,57+,62?,63-,64?,65-,66?,68?,69?,70?,71?,72?,73?,74-,75-,76-,82?,83+,84-,85?/m0/s1. The van der Waals surface area contributed by atoms with Gasteiger partial charge in [-0.1, -0.05) is 178 Å². The summed E-state index contributed by atoms with van der Waals surface area (Å²) in [4.78, 5) is 43.5. The van der Waals surface area contributed by atoms with Gasteiger partial charge in [0.2, 0.25) is 12.2 Å². The van der Waals surface area contributed by atoms with Gasteiger partial charge in [0, 0.05) is 38.5 Å². The maximum atomic E-state index is 16.5. The van der Waals surface area contributed by atoms with Crippen LogP contribution in [0.2, 0.25) is 0 Å². The quantitative estimate of drug-likeness (QED) is 0.0439. The first kappa shape index (κ1) is 78.3. The number of hydrogen-bond acceptors (Lipinski definition) is 15. The number of unbranched alkanes of at least 4 members (excludes halogenated alkanes) is 2. The molecule has 0 bridgehead atoms. The predicted octanol–water partition coefficient (Wildman–Crippen LogP) is 16.2. The van der Waals surface area contributed by atoms with Gasteiger partial charge in [0.05, 0.1) is 56.7 Å². The number of alkyl carbamates (subject to hydrolysis) is 1. The van der Waals surface area contributed by atoms with Crippen LogP contribution in [0.3, 0.4) is 0 Å². The summed E-state index contributed by atoms with van der Waals surface area (Å²) in [6.07, 6.45) is 5.64. The van der Waals surface area contributed by atoms with E-state index < -0.39 is 96.8 Å².